The number of nitrogens with two attached hydrogens (primary N) is 1. The van der Waals surface area contributed by atoms with Crippen molar-refractivity contribution in [2.24, 2.45) is 5.14 Å². The number of benzene rings is 1. The molecule has 0 radical (unpaired) electrons. The van der Waals surface area contributed by atoms with E-state index < -0.39 is 10.0 Å². The van der Waals surface area contributed by atoms with Gasteiger partial charge in [0.05, 0.1) is 23.1 Å². The molecule has 0 bridgehead atoms. The van der Waals surface area contributed by atoms with Gasteiger partial charge >= 0.3 is 0 Å². The highest BCUT2D eigenvalue weighted by molar-refractivity contribution is 7.89. The fourth-order valence-corrected chi connectivity index (χ4v) is 4.44. The summed E-state index contributed by atoms with van der Waals surface area (Å²) in [5, 5.41) is 14.8. The van der Waals surface area contributed by atoms with Crippen LogP contribution in [0.4, 0.5) is 0 Å². The van der Waals surface area contributed by atoms with Gasteiger partial charge in [-0.2, -0.15) is 11.3 Å². The molecule has 2 aromatic heterocycles. The standard InChI is InChI=1S/C17H17N3O3S3/c1-11(12-2-4-15(5-3-12)26(18,22)23)19-16(21)8-14-10-25-17(20-14)13-6-7-24-9-13/h2-7,9-11H,8H2,1H3,(H,19,21)(H2,18,22,23)/t11-/m0/s1. The number of primary sulfonamides is 1. The van der Waals surface area contributed by atoms with E-state index in [1.54, 1.807) is 23.5 Å². The Labute approximate surface area is 159 Å². The number of rotatable bonds is 6. The van der Waals surface area contributed by atoms with Crippen LogP contribution in [0.3, 0.4) is 0 Å². The first-order valence-corrected chi connectivity index (χ1v) is 11.1. The molecule has 2 heterocycles. The van der Waals surface area contributed by atoms with Crippen molar-refractivity contribution in [3.8, 4) is 10.6 Å². The van der Waals surface area contributed by atoms with E-state index in [1.807, 2.05) is 29.1 Å². The largest absolute Gasteiger partial charge is 0.349 e. The summed E-state index contributed by atoms with van der Waals surface area (Å²) in [4.78, 5) is 16.8. The lowest BCUT2D eigenvalue weighted by Gasteiger charge is -2.14. The molecule has 0 aliphatic heterocycles. The first-order chi connectivity index (χ1) is 12.3. The zero-order valence-corrected chi connectivity index (χ0v) is 16.3. The number of nitrogens with one attached hydrogen (secondary N) is 1. The molecule has 26 heavy (non-hydrogen) atoms. The number of carbonyl (C=O) groups is 1. The highest BCUT2D eigenvalue weighted by atomic mass is 32.2. The Morgan fingerprint density at radius 3 is 2.58 bits per heavy atom. The number of aromatic nitrogens is 1. The van der Waals surface area contributed by atoms with Gasteiger partial charge in [0, 0.05) is 16.3 Å². The van der Waals surface area contributed by atoms with Crippen molar-refractivity contribution < 1.29 is 13.2 Å². The van der Waals surface area contributed by atoms with E-state index in [2.05, 4.69) is 10.3 Å². The lowest BCUT2D eigenvalue weighted by molar-refractivity contribution is -0.121. The zero-order valence-electron chi connectivity index (χ0n) is 13.9. The first kappa shape index (κ1) is 18.7. The highest BCUT2D eigenvalue weighted by Gasteiger charge is 2.14. The van der Waals surface area contributed by atoms with Crippen molar-refractivity contribution in [3.63, 3.8) is 0 Å². The number of hydrogen-bond acceptors (Lipinski definition) is 6. The van der Waals surface area contributed by atoms with E-state index in [1.165, 1.54) is 23.5 Å². The van der Waals surface area contributed by atoms with Gasteiger partial charge in [-0.3, -0.25) is 4.79 Å². The molecule has 1 aromatic carbocycles. The molecule has 3 N–H and O–H groups in total. The minimum absolute atomic E-state index is 0.0446. The molecule has 3 rings (SSSR count). The Morgan fingerprint density at radius 2 is 1.96 bits per heavy atom. The molecule has 0 spiro atoms. The Kier molecular flexibility index (Phi) is 5.52. The number of carbonyl (C=O) groups excluding carboxylic acids is 1. The van der Waals surface area contributed by atoms with Crippen LogP contribution in [0.25, 0.3) is 10.6 Å². The second-order valence-corrected chi connectivity index (χ2v) is 8.94. The third kappa shape index (κ3) is 4.55. The molecule has 0 fully saturated rings. The van der Waals surface area contributed by atoms with E-state index in [0.717, 1.165) is 21.8 Å². The Balaban J connectivity index is 1.61. The van der Waals surface area contributed by atoms with Gasteiger partial charge in [-0.1, -0.05) is 12.1 Å². The third-order valence-corrected chi connectivity index (χ3v) is 6.30. The molecule has 0 aliphatic rings. The van der Waals surface area contributed by atoms with Gasteiger partial charge < -0.3 is 5.32 Å². The fourth-order valence-electron chi connectivity index (χ4n) is 2.39. The number of thiazole rings is 1. The van der Waals surface area contributed by atoms with Crippen LogP contribution >= 0.6 is 22.7 Å². The van der Waals surface area contributed by atoms with E-state index in [-0.39, 0.29) is 23.3 Å². The number of nitrogens with zero attached hydrogens (tertiary/aromatic N) is 1. The molecular weight excluding hydrogens is 390 g/mol. The Morgan fingerprint density at radius 1 is 1.23 bits per heavy atom. The minimum Gasteiger partial charge on any atom is -0.349 e. The summed E-state index contributed by atoms with van der Waals surface area (Å²) in [6.45, 7) is 1.84. The van der Waals surface area contributed by atoms with Gasteiger partial charge in [-0.25, -0.2) is 18.5 Å². The Hall–Kier alpha value is -2.07. The maximum absolute atomic E-state index is 12.3. The molecule has 0 saturated heterocycles. The molecule has 1 amide bonds. The lowest BCUT2D eigenvalue weighted by Crippen LogP contribution is -2.28. The smallest absolute Gasteiger partial charge is 0.238 e. The predicted octanol–water partition coefficient (Wildman–Crippen LogP) is 2.94. The summed E-state index contributed by atoms with van der Waals surface area (Å²) in [6, 6.07) is 7.89. The van der Waals surface area contributed by atoms with E-state index in [0.29, 0.717) is 0 Å². The third-order valence-electron chi connectivity index (χ3n) is 3.75. The van der Waals surface area contributed by atoms with Crippen molar-refractivity contribution in [2.75, 3.05) is 0 Å². The van der Waals surface area contributed by atoms with Gasteiger partial charge in [-0.05, 0) is 36.1 Å². The van der Waals surface area contributed by atoms with E-state index >= 15 is 0 Å². The lowest BCUT2D eigenvalue weighted by atomic mass is 10.1. The van der Waals surface area contributed by atoms with Crippen LogP contribution in [0.5, 0.6) is 0 Å². The molecular formula is C17H17N3O3S3. The molecule has 0 aliphatic carbocycles. The Bertz CT molecular complexity index is 994. The molecule has 0 saturated carbocycles. The maximum Gasteiger partial charge on any atom is 0.238 e. The van der Waals surface area contributed by atoms with Crippen LogP contribution in [0.2, 0.25) is 0 Å². The summed E-state index contributed by atoms with van der Waals surface area (Å²) >= 11 is 3.12. The number of hydrogen-bond donors (Lipinski definition) is 2. The SMILES string of the molecule is C[C@H](NC(=O)Cc1csc(-c2ccsc2)n1)c1ccc(S(N)(=O)=O)cc1. The van der Waals surface area contributed by atoms with Crippen molar-refractivity contribution in [3.05, 3.63) is 57.7 Å². The van der Waals surface area contributed by atoms with Gasteiger partial charge in [0.2, 0.25) is 15.9 Å². The van der Waals surface area contributed by atoms with Crippen LogP contribution in [-0.4, -0.2) is 19.3 Å². The minimum atomic E-state index is -3.72. The van der Waals surface area contributed by atoms with Gasteiger partial charge in [0.1, 0.15) is 5.01 Å². The van der Waals surface area contributed by atoms with Gasteiger partial charge in [0.25, 0.3) is 0 Å². The predicted molar refractivity (Wildman–Crippen MR) is 104 cm³/mol. The summed E-state index contributed by atoms with van der Waals surface area (Å²) in [7, 11) is -3.72. The molecule has 1 atom stereocenters. The van der Waals surface area contributed by atoms with E-state index in [4.69, 9.17) is 5.14 Å². The summed E-state index contributed by atoms with van der Waals surface area (Å²) in [5.74, 6) is -0.143. The monoisotopic (exact) mass is 407 g/mol. The van der Waals surface area contributed by atoms with Crippen LogP contribution in [0.1, 0.15) is 24.2 Å². The average Bonchev–Trinajstić information content (AvgIpc) is 3.25. The van der Waals surface area contributed by atoms with Gasteiger partial charge in [-0.15, -0.1) is 11.3 Å². The van der Waals surface area contributed by atoms with Crippen molar-refractivity contribution in [2.45, 2.75) is 24.3 Å². The average molecular weight is 408 g/mol. The second-order valence-electron chi connectivity index (χ2n) is 5.74. The van der Waals surface area contributed by atoms with Crippen LogP contribution in [-0.2, 0) is 21.2 Å². The first-order valence-electron chi connectivity index (χ1n) is 7.72. The summed E-state index contributed by atoms with van der Waals surface area (Å²) < 4.78 is 22.6. The quantitative estimate of drug-likeness (QED) is 0.656. The molecule has 3 aromatic rings. The van der Waals surface area contributed by atoms with Crippen LogP contribution in [0, 0.1) is 0 Å². The molecule has 6 nitrogen and oxygen atoms in total. The molecule has 9 heteroatoms. The fraction of sp³-hybridized carbons (Fsp3) is 0.176. The number of sulfonamides is 1. The molecule has 0 unspecified atom stereocenters. The highest BCUT2D eigenvalue weighted by Crippen LogP contribution is 2.26. The van der Waals surface area contributed by atoms with Gasteiger partial charge in [0.15, 0.2) is 0 Å². The van der Waals surface area contributed by atoms with Crippen molar-refractivity contribution >= 4 is 38.6 Å². The van der Waals surface area contributed by atoms with Crippen LogP contribution in [0.15, 0.2) is 51.4 Å². The summed E-state index contributed by atoms with van der Waals surface area (Å²) in [5.41, 5.74) is 2.59. The van der Waals surface area contributed by atoms with Crippen molar-refractivity contribution in [1.82, 2.24) is 10.3 Å². The topological polar surface area (TPSA) is 102 Å². The van der Waals surface area contributed by atoms with Crippen molar-refractivity contribution in [1.29, 1.82) is 0 Å². The van der Waals surface area contributed by atoms with E-state index in [9.17, 15) is 13.2 Å². The second kappa shape index (κ2) is 7.67. The zero-order chi connectivity index (χ0) is 18.7. The maximum atomic E-state index is 12.3. The number of amides is 1. The summed E-state index contributed by atoms with van der Waals surface area (Å²) in [6.07, 6.45) is 0.195. The molecule has 136 valence electrons. The number of thiophene rings is 1. The van der Waals surface area contributed by atoms with Crippen LogP contribution < -0.4 is 10.5 Å². The normalized spacial score (nSPS) is 12.7.